The number of rotatable bonds is 6. The van der Waals surface area contributed by atoms with E-state index < -0.39 is 29.7 Å². The number of carbonyl (C=O) groups is 3. The summed E-state index contributed by atoms with van der Waals surface area (Å²) in [7, 11) is 0. The van der Waals surface area contributed by atoms with Crippen LogP contribution in [0.1, 0.15) is 33.6 Å². The molecule has 4 amide bonds. The van der Waals surface area contributed by atoms with Gasteiger partial charge in [0.2, 0.25) is 5.91 Å². The largest absolute Gasteiger partial charge is 0.444 e. The van der Waals surface area contributed by atoms with Gasteiger partial charge in [0.05, 0.1) is 0 Å². The van der Waals surface area contributed by atoms with Gasteiger partial charge in [-0.3, -0.25) is 4.79 Å². The molecule has 0 unspecified atom stereocenters. The van der Waals surface area contributed by atoms with Crippen LogP contribution in [0.5, 0.6) is 0 Å². The van der Waals surface area contributed by atoms with E-state index in [0.29, 0.717) is 13.0 Å². The van der Waals surface area contributed by atoms with E-state index >= 15 is 0 Å². The van der Waals surface area contributed by atoms with Gasteiger partial charge < -0.3 is 26.8 Å². The van der Waals surface area contributed by atoms with E-state index in [1.807, 2.05) is 0 Å². The third-order valence-corrected chi connectivity index (χ3v) is 2.00. The van der Waals surface area contributed by atoms with Gasteiger partial charge in [-0.25, -0.2) is 9.59 Å². The van der Waals surface area contributed by atoms with Crippen molar-refractivity contribution >= 4 is 18.0 Å². The fraction of sp³-hybridized carbons (Fsp3) is 0.727. The average molecular weight is 274 g/mol. The van der Waals surface area contributed by atoms with Crippen molar-refractivity contribution in [2.24, 2.45) is 11.5 Å². The van der Waals surface area contributed by atoms with Crippen molar-refractivity contribution in [2.75, 3.05) is 6.54 Å². The van der Waals surface area contributed by atoms with Crippen LogP contribution in [0.2, 0.25) is 0 Å². The molecule has 1 atom stereocenters. The van der Waals surface area contributed by atoms with Crippen LogP contribution < -0.4 is 22.1 Å². The van der Waals surface area contributed by atoms with Crippen molar-refractivity contribution < 1.29 is 19.1 Å². The molecule has 0 spiro atoms. The summed E-state index contributed by atoms with van der Waals surface area (Å²) in [5.74, 6) is -0.662. The third-order valence-electron chi connectivity index (χ3n) is 2.00. The number of hydrogen-bond acceptors (Lipinski definition) is 4. The molecular weight excluding hydrogens is 252 g/mol. The minimum atomic E-state index is -0.843. The summed E-state index contributed by atoms with van der Waals surface area (Å²) in [5, 5.41) is 4.76. The van der Waals surface area contributed by atoms with Crippen LogP contribution >= 0.6 is 0 Å². The van der Waals surface area contributed by atoms with Gasteiger partial charge in [-0.2, -0.15) is 0 Å². The molecule has 0 saturated heterocycles. The standard InChI is InChI=1S/C11H22N4O4/c1-11(2,3)19-10(18)15-7(8(12)16)5-4-6-14-9(13)17/h7H,4-6H2,1-3H3,(H2,12,16)(H,15,18)(H3,13,14,17)/t7-/m0/s1. The second kappa shape index (κ2) is 7.45. The van der Waals surface area contributed by atoms with Crippen molar-refractivity contribution in [1.82, 2.24) is 10.6 Å². The molecule has 0 aromatic carbocycles. The molecule has 0 heterocycles. The number of alkyl carbamates (subject to hydrolysis) is 1. The SMILES string of the molecule is CC(C)(C)OC(=O)N[C@@H](CCCNC(N)=O)C(N)=O. The molecule has 0 rings (SSSR count). The number of primary amides is 2. The highest BCUT2D eigenvalue weighted by atomic mass is 16.6. The lowest BCUT2D eigenvalue weighted by molar-refractivity contribution is -0.120. The van der Waals surface area contributed by atoms with E-state index in [1.54, 1.807) is 20.8 Å². The van der Waals surface area contributed by atoms with Gasteiger partial charge in [0.1, 0.15) is 11.6 Å². The number of hydrogen-bond donors (Lipinski definition) is 4. The lowest BCUT2D eigenvalue weighted by Crippen LogP contribution is -2.46. The zero-order valence-corrected chi connectivity index (χ0v) is 11.5. The second-order valence-electron chi connectivity index (χ2n) is 5.03. The Labute approximate surface area is 112 Å². The summed E-state index contributed by atoms with van der Waals surface area (Å²) in [6.45, 7) is 5.43. The zero-order chi connectivity index (χ0) is 15.1. The Kier molecular flexibility index (Phi) is 6.67. The number of amides is 4. The van der Waals surface area contributed by atoms with E-state index in [4.69, 9.17) is 16.2 Å². The summed E-state index contributed by atoms with van der Waals surface area (Å²) in [5.41, 5.74) is 9.40. The Bertz CT molecular complexity index is 338. The molecule has 19 heavy (non-hydrogen) atoms. The zero-order valence-electron chi connectivity index (χ0n) is 11.5. The molecule has 0 aromatic heterocycles. The molecular formula is C11H22N4O4. The smallest absolute Gasteiger partial charge is 0.408 e. The van der Waals surface area contributed by atoms with Gasteiger partial charge in [0.15, 0.2) is 0 Å². The number of urea groups is 1. The van der Waals surface area contributed by atoms with E-state index in [1.165, 1.54) is 0 Å². The van der Waals surface area contributed by atoms with Crippen molar-refractivity contribution in [1.29, 1.82) is 0 Å². The quantitative estimate of drug-likeness (QED) is 0.499. The summed E-state index contributed by atoms with van der Waals surface area (Å²) >= 11 is 0. The van der Waals surface area contributed by atoms with Crippen LogP contribution in [0.3, 0.4) is 0 Å². The summed E-state index contributed by atoms with van der Waals surface area (Å²) in [4.78, 5) is 33.1. The predicted octanol–water partition coefficient (Wildman–Crippen LogP) is -0.186. The summed E-state index contributed by atoms with van der Waals surface area (Å²) < 4.78 is 5.02. The molecule has 6 N–H and O–H groups in total. The van der Waals surface area contributed by atoms with Gasteiger partial charge >= 0.3 is 12.1 Å². The number of nitrogens with one attached hydrogen (secondary N) is 2. The minimum Gasteiger partial charge on any atom is -0.444 e. The number of carbonyl (C=O) groups excluding carboxylic acids is 3. The molecule has 0 saturated carbocycles. The van der Waals surface area contributed by atoms with E-state index in [0.717, 1.165) is 0 Å². The van der Waals surface area contributed by atoms with Gasteiger partial charge in [-0.05, 0) is 33.6 Å². The highest BCUT2D eigenvalue weighted by Gasteiger charge is 2.22. The first-order valence-corrected chi connectivity index (χ1v) is 5.94. The average Bonchev–Trinajstić information content (AvgIpc) is 2.19. The topological polar surface area (TPSA) is 137 Å². The van der Waals surface area contributed by atoms with Crippen LogP contribution in [0, 0.1) is 0 Å². The Hall–Kier alpha value is -1.99. The van der Waals surface area contributed by atoms with Gasteiger partial charge in [-0.15, -0.1) is 0 Å². The maximum atomic E-state index is 11.5. The lowest BCUT2D eigenvalue weighted by Gasteiger charge is -2.22. The van der Waals surface area contributed by atoms with E-state index in [2.05, 4.69) is 10.6 Å². The first-order chi connectivity index (χ1) is 8.61. The molecule has 8 heteroatoms. The Balaban J connectivity index is 4.16. The van der Waals surface area contributed by atoms with Crippen LogP contribution in [-0.4, -0.2) is 36.2 Å². The highest BCUT2D eigenvalue weighted by molar-refractivity contribution is 5.84. The minimum absolute atomic E-state index is 0.287. The van der Waals surface area contributed by atoms with Crippen LogP contribution in [0.4, 0.5) is 9.59 Å². The molecule has 0 aromatic rings. The molecule has 0 fully saturated rings. The number of nitrogens with two attached hydrogens (primary N) is 2. The molecule has 0 aliphatic rings. The van der Waals surface area contributed by atoms with Crippen LogP contribution in [0.25, 0.3) is 0 Å². The molecule has 0 radical (unpaired) electrons. The van der Waals surface area contributed by atoms with Crippen molar-refractivity contribution in [3.05, 3.63) is 0 Å². The Morgan fingerprint density at radius 2 is 1.79 bits per heavy atom. The highest BCUT2D eigenvalue weighted by Crippen LogP contribution is 2.07. The summed E-state index contributed by atoms with van der Waals surface area (Å²) in [6, 6.07) is -1.49. The van der Waals surface area contributed by atoms with E-state index in [9.17, 15) is 14.4 Å². The van der Waals surface area contributed by atoms with Crippen molar-refractivity contribution in [3.63, 3.8) is 0 Å². The fourth-order valence-electron chi connectivity index (χ4n) is 1.25. The predicted molar refractivity (Wildman–Crippen MR) is 69.2 cm³/mol. The van der Waals surface area contributed by atoms with Gasteiger partial charge in [-0.1, -0.05) is 0 Å². The molecule has 8 nitrogen and oxygen atoms in total. The Morgan fingerprint density at radius 1 is 1.21 bits per heavy atom. The monoisotopic (exact) mass is 274 g/mol. The van der Waals surface area contributed by atoms with Crippen molar-refractivity contribution in [3.8, 4) is 0 Å². The van der Waals surface area contributed by atoms with Crippen LogP contribution in [-0.2, 0) is 9.53 Å². The lowest BCUT2D eigenvalue weighted by atomic mass is 10.1. The second-order valence-corrected chi connectivity index (χ2v) is 5.03. The molecule has 0 aliphatic carbocycles. The normalized spacial score (nSPS) is 12.4. The maximum absolute atomic E-state index is 11.5. The summed E-state index contributed by atoms with van der Waals surface area (Å²) in [6.07, 6.45) is 0.0282. The first kappa shape index (κ1) is 17.0. The third kappa shape index (κ3) is 9.69. The van der Waals surface area contributed by atoms with Gasteiger partial charge in [0, 0.05) is 6.54 Å². The Morgan fingerprint density at radius 3 is 2.21 bits per heavy atom. The van der Waals surface area contributed by atoms with Crippen LogP contribution in [0.15, 0.2) is 0 Å². The molecule has 110 valence electrons. The van der Waals surface area contributed by atoms with Gasteiger partial charge in [0.25, 0.3) is 0 Å². The first-order valence-electron chi connectivity index (χ1n) is 5.94. The van der Waals surface area contributed by atoms with Crippen molar-refractivity contribution in [2.45, 2.75) is 45.3 Å². The molecule has 0 bridgehead atoms. The van der Waals surface area contributed by atoms with E-state index in [-0.39, 0.29) is 6.42 Å². The fourth-order valence-corrected chi connectivity index (χ4v) is 1.25. The molecule has 0 aliphatic heterocycles. The maximum Gasteiger partial charge on any atom is 0.408 e. The number of ether oxygens (including phenoxy) is 1.